The number of aromatic nitrogens is 2. The molecule has 3 aromatic carbocycles. The Labute approximate surface area is 177 Å². The van der Waals surface area contributed by atoms with Crippen molar-refractivity contribution < 1.29 is 9.53 Å². The number of esters is 1. The van der Waals surface area contributed by atoms with Gasteiger partial charge in [0.1, 0.15) is 0 Å². The van der Waals surface area contributed by atoms with Gasteiger partial charge in [0, 0.05) is 47.1 Å². The summed E-state index contributed by atoms with van der Waals surface area (Å²) in [5, 5.41) is 4.45. The minimum Gasteiger partial charge on any atom is -0.466 e. The molecule has 0 radical (unpaired) electrons. The molecule has 2 aromatic heterocycles. The molecule has 140 valence electrons. The maximum Gasteiger partial charge on any atom is 0.310 e. The van der Waals surface area contributed by atoms with Crippen LogP contribution in [0.1, 0.15) is 12.5 Å². The summed E-state index contributed by atoms with van der Waals surface area (Å²) >= 11 is 7.15. The lowest BCUT2D eigenvalue weighted by Gasteiger charge is -2.06. The zero-order chi connectivity index (χ0) is 19.4. The molecule has 4 nitrogen and oxygen atoms in total. The van der Waals surface area contributed by atoms with Crippen LogP contribution in [-0.4, -0.2) is 22.5 Å². The summed E-state index contributed by atoms with van der Waals surface area (Å²) in [4.78, 5) is 19.4. The Hall–Kier alpha value is -2.31. The van der Waals surface area contributed by atoms with Crippen molar-refractivity contribution in [2.75, 3.05) is 6.61 Å². The Balaban J connectivity index is 1.93. The summed E-state index contributed by atoms with van der Waals surface area (Å²) in [6.07, 6.45) is 0.212. The molecule has 0 saturated carbocycles. The van der Waals surface area contributed by atoms with Crippen molar-refractivity contribution in [2.24, 2.45) is 0 Å². The molecule has 0 aliphatic carbocycles. The lowest BCUT2D eigenvalue weighted by atomic mass is 10.0. The highest BCUT2D eigenvalue weighted by atomic mass is 79.9. The Bertz CT molecular complexity index is 1300. The highest BCUT2D eigenvalue weighted by molar-refractivity contribution is 9.10. The molecule has 0 fully saturated rings. The molecule has 6 heteroatoms. The Morgan fingerprint density at radius 3 is 1.89 bits per heavy atom. The molecule has 0 amide bonds. The van der Waals surface area contributed by atoms with Crippen molar-refractivity contribution in [1.29, 1.82) is 0 Å². The number of halogens is 2. The van der Waals surface area contributed by atoms with Gasteiger partial charge in [0.15, 0.2) is 0 Å². The summed E-state index contributed by atoms with van der Waals surface area (Å²) in [6, 6.07) is 14.6. The maximum atomic E-state index is 12.4. The predicted molar refractivity (Wildman–Crippen MR) is 121 cm³/mol. The third-order valence-electron chi connectivity index (χ3n) is 5.12. The van der Waals surface area contributed by atoms with E-state index in [2.05, 4.69) is 72.2 Å². The van der Waals surface area contributed by atoms with Gasteiger partial charge in [0.05, 0.1) is 24.1 Å². The molecule has 0 spiro atoms. The molecule has 2 N–H and O–H groups in total. The second-order valence-corrected chi connectivity index (χ2v) is 8.64. The molecule has 28 heavy (non-hydrogen) atoms. The number of ether oxygens (including phenoxy) is 1. The van der Waals surface area contributed by atoms with Crippen molar-refractivity contribution in [3.63, 3.8) is 0 Å². The van der Waals surface area contributed by atoms with Crippen LogP contribution in [0.5, 0.6) is 0 Å². The zero-order valence-electron chi connectivity index (χ0n) is 15.0. The van der Waals surface area contributed by atoms with Gasteiger partial charge in [-0.05, 0) is 49.4 Å². The van der Waals surface area contributed by atoms with Crippen LogP contribution >= 0.6 is 31.9 Å². The quantitative estimate of drug-likeness (QED) is 0.275. The average molecular weight is 500 g/mol. The van der Waals surface area contributed by atoms with E-state index in [9.17, 15) is 4.79 Å². The minimum absolute atomic E-state index is 0.212. The number of hydrogen-bond donors (Lipinski definition) is 2. The van der Waals surface area contributed by atoms with Gasteiger partial charge in [0.2, 0.25) is 0 Å². The number of fused-ring (bicyclic) bond motifs is 6. The summed E-state index contributed by atoms with van der Waals surface area (Å²) in [5.74, 6) is -0.226. The van der Waals surface area contributed by atoms with E-state index in [0.717, 1.165) is 58.1 Å². The molecule has 2 heterocycles. The molecule has 0 aliphatic rings. The molecule has 0 bridgehead atoms. The van der Waals surface area contributed by atoms with Crippen LogP contribution in [0, 0.1) is 0 Å². The smallest absolute Gasteiger partial charge is 0.310 e. The summed E-state index contributed by atoms with van der Waals surface area (Å²) in [5.41, 5.74) is 4.96. The lowest BCUT2D eigenvalue weighted by molar-refractivity contribution is -0.142. The topological polar surface area (TPSA) is 57.9 Å². The number of rotatable bonds is 3. The minimum atomic E-state index is -0.226. The van der Waals surface area contributed by atoms with Crippen LogP contribution in [0.4, 0.5) is 0 Å². The van der Waals surface area contributed by atoms with Crippen molar-refractivity contribution >= 4 is 81.4 Å². The molecular formula is C22H16Br2N2O2. The van der Waals surface area contributed by atoms with E-state index in [-0.39, 0.29) is 12.4 Å². The highest BCUT2D eigenvalue weighted by Gasteiger charge is 2.19. The van der Waals surface area contributed by atoms with E-state index in [1.165, 1.54) is 0 Å². The molecule has 0 atom stereocenters. The van der Waals surface area contributed by atoms with Gasteiger partial charge in [-0.15, -0.1) is 0 Å². The van der Waals surface area contributed by atoms with Gasteiger partial charge in [-0.25, -0.2) is 0 Å². The third kappa shape index (κ3) is 2.74. The van der Waals surface area contributed by atoms with Crippen LogP contribution in [0.2, 0.25) is 0 Å². The number of nitrogens with one attached hydrogen (secondary N) is 2. The second kappa shape index (κ2) is 6.64. The fourth-order valence-corrected chi connectivity index (χ4v) is 4.67. The van der Waals surface area contributed by atoms with E-state index in [1.807, 2.05) is 19.1 Å². The van der Waals surface area contributed by atoms with Crippen molar-refractivity contribution in [1.82, 2.24) is 9.97 Å². The van der Waals surface area contributed by atoms with Crippen LogP contribution in [-0.2, 0) is 16.0 Å². The number of carbonyl (C=O) groups is 1. The van der Waals surface area contributed by atoms with Crippen molar-refractivity contribution in [2.45, 2.75) is 13.3 Å². The first-order valence-corrected chi connectivity index (χ1v) is 10.6. The van der Waals surface area contributed by atoms with Crippen LogP contribution < -0.4 is 0 Å². The van der Waals surface area contributed by atoms with Crippen LogP contribution in [0.3, 0.4) is 0 Å². The molecule has 0 saturated heterocycles. The van der Waals surface area contributed by atoms with Gasteiger partial charge in [-0.2, -0.15) is 0 Å². The van der Waals surface area contributed by atoms with E-state index in [0.29, 0.717) is 6.61 Å². The SMILES string of the molecule is CCOC(=O)Cc1c2[nH]c3ccc(Br)cc3c2cc2c1[nH]c1ccc(Br)cc12. The van der Waals surface area contributed by atoms with E-state index >= 15 is 0 Å². The second-order valence-electron chi connectivity index (χ2n) is 6.81. The molecule has 0 unspecified atom stereocenters. The predicted octanol–water partition coefficient (Wildman–Crippen LogP) is 6.59. The van der Waals surface area contributed by atoms with Crippen LogP contribution in [0.25, 0.3) is 43.6 Å². The summed E-state index contributed by atoms with van der Waals surface area (Å²) in [6.45, 7) is 2.20. The van der Waals surface area contributed by atoms with E-state index in [1.54, 1.807) is 0 Å². The largest absolute Gasteiger partial charge is 0.466 e. The number of hydrogen-bond acceptors (Lipinski definition) is 2. The standard InChI is InChI=1S/C22H16Br2N2O2/c1-2-28-20(27)10-17-21-15(13-7-11(23)3-5-18(13)25-21)9-16-14-8-12(24)4-6-19(14)26-22(16)17/h3-9,25-26H,2,10H2,1H3. The van der Waals surface area contributed by atoms with Gasteiger partial charge >= 0.3 is 5.97 Å². The number of benzene rings is 3. The number of aromatic amines is 2. The van der Waals surface area contributed by atoms with Gasteiger partial charge in [0.25, 0.3) is 0 Å². The first kappa shape index (κ1) is 17.8. The summed E-state index contributed by atoms with van der Waals surface area (Å²) in [7, 11) is 0. The lowest BCUT2D eigenvalue weighted by Crippen LogP contribution is -2.08. The monoisotopic (exact) mass is 498 g/mol. The average Bonchev–Trinajstić information content (AvgIpc) is 3.20. The summed E-state index contributed by atoms with van der Waals surface area (Å²) < 4.78 is 7.29. The molecule has 5 rings (SSSR count). The fourth-order valence-electron chi connectivity index (χ4n) is 3.95. The first-order chi connectivity index (χ1) is 13.5. The third-order valence-corrected chi connectivity index (χ3v) is 6.11. The van der Waals surface area contributed by atoms with Gasteiger partial charge in [-0.1, -0.05) is 31.9 Å². The van der Waals surface area contributed by atoms with E-state index in [4.69, 9.17) is 4.74 Å². The van der Waals surface area contributed by atoms with Crippen molar-refractivity contribution in [3.05, 3.63) is 57.0 Å². The molecular weight excluding hydrogens is 484 g/mol. The van der Waals surface area contributed by atoms with Crippen molar-refractivity contribution in [3.8, 4) is 0 Å². The Morgan fingerprint density at radius 2 is 1.39 bits per heavy atom. The first-order valence-electron chi connectivity index (χ1n) is 9.04. The number of carbonyl (C=O) groups excluding carboxylic acids is 1. The van der Waals surface area contributed by atoms with Gasteiger partial charge in [-0.3, -0.25) is 4.79 Å². The molecule has 5 aromatic rings. The Morgan fingerprint density at radius 1 is 0.857 bits per heavy atom. The number of H-pyrrole nitrogens is 2. The molecule has 0 aliphatic heterocycles. The fraction of sp³-hybridized carbons (Fsp3) is 0.136. The normalized spacial score (nSPS) is 11.8. The maximum absolute atomic E-state index is 12.4. The highest BCUT2D eigenvalue weighted by Crippen LogP contribution is 2.38. The van der Waals surface area contributed by atoms with E-state index < -0.39 is 0 Å². The van der Waals surface area contributed by atoms with Crippen LogP contribution in [0.15, 0.2) is 51.4 Å². The Kier molecular flexibility index (Phi) is 4.21. The zero-order valence-corrected chi connectivity index (χ0v) is 18.2. The van der Waals surface area contributed by atoms with Gasteiger partial charge < -0.3 is 14.7 Å².